The molecule has 2 N–H and O–H groups in total. The Morgan fingerprint density at radius 2 is 1.65 bits per heavy atom. The summed E-state index contributed by atoms with van der Waals surface area (Å²) in [6, 6.07) is 20.1. The van der Waals surface area contributed by atoms with Crippen LogP contribution in [0.25, 0.3) is 16.8 Å². The van der Waals surface area contributed by atoms with Crippen LogP contribution in [-0.4, -0.2) is 11.0 Å². The lowest BCUT2D eigenvalue weighted by atomic mass is 10.0. The molecule has 3 nitrogen and oxygen atoms in total. The quantitative estimate of drug-likeness (QED) is 0.511. The fourth-order valence-electron chi connectivity index (χ4n) is 2.92. The third-order valence-corrected chi connectivity index (χ3v) is 4.16. The maximum absolute atomic E-state index is 12.2. The predicted molar refractivity (Wildman–Crippen MR) is 113 cm³/mol. The normalized spacial score (nSPS) is 10.8. The highest BCUT2D eigenvalue weighted by molar-refractivity contribution is 7.80. The summed E-state index contributed by atoms with van der Waals surface area (Å²) < 4.78 is 0. The molecule has 0 atom stereocenters. The lowest BCUT2D eigenvalue weighted by Crippen LogP contribution is -2.32. The van der Waals surface area contributed by atoms with Crippen LogP contribution in [0.1, 0.15) is 16.7 Å². The van der Waals surface area contributed by atoms with Gasteiger partial charge in [-0.25, -0.2) is 0 Å². The summed E-state index contributed by atoms with van der Waals surface area (Å²) in [5.41, 5.74) is 4.13. The molecular weight excluding hydrogens is 340 g/mol. The largest absolute Gasteiger partial charge is 0.332 e. The van der Waals surface area contributed by atoms with Crippen molar-refractivity contribution in [3.05, 3.63) is 83.4 Å². The first-order chi connectivity index (χ1) is 12.5. The van der Waals surface area contributed by atoms with Gasteiger partial charge in [-0.05, 0) is 71.7 Å². The highest BCUT2D eigenvalue weighted by atomic mass is 32.1. The summed E-state index contributed by atoms with van der Waals surface area (Å²) >= 11 is 5.23. The molecule has 0 aliphatic carbocycles. The van der Waals surface area contributed by atoms with Crippen LogP contribution in [0.4, 0.5) is 5.69 Å². The van der Waals surface area contributed by atoms with E-state index in [2.05, 4.69) is 28.8 Å². The average Bonchev–Trinajstić information content (AvgIpc) is 2.58. The summed E-state index contributed by atoms with van der Waals surface area (Å²) in [6.07, 6.45) is 3.30. The Morgan fingerprint density at radius 3 is 2.42 bits per heavy atom. The molecule has 4 heteroatoms. The molecule has 130 valence electrons. The van der Waals surface area contributed by atoms with Gasteiger partial charge in [-0.15, -0.1) is 0 Å². The Hall–Kier alpha value is -2.98. The Bertz CT molecular complexity index is 982. The van der Waals surface area contributed by atoms with Crippen LogP contribution < -0.4 is 10.6 Å². The van der Waals surface area contributed by atoms with Crippen molar-refractivity contribution in [2.45, 2.75) is 13.8 Å². The van der Waals surface area contributed by atoms with Gasteiger partial charge in [0.1, 0.15) is 0 Å². The minimum atomic E-state index is -0.264. The van der Waals surface area contributed by atoms with Gasteiger partial charge in [0.05, 0.1) is 0 Å². The molecule has 0 aromatic heterocycles. The van der Waals surface area contributed by atoms with Gasteiger partial charge in [0.2, 0.25) is 5.91 Å². The number of aryl methyl sites for hydroxylation is 2. The summed E-state index contributed by atoms with van der Waals surface area (Å²) in [5, 5.41) is 8.26. The van der Waals surface area contributed by atoms with Crippen molar-refractivity contribution in [2.24, 2.45) is 0 Å². The highest BCUT2D eigenvalue weighted by Crippen LogP contribution is 2.19. The maximum Gasteiger partial charge on any atom is 0.250 e. The number of benzene rings is 3. The van der Waals surface area contributed by atoms with Crippen molar-refractivity contribution in [2.75, 3.05) is 5.32 Å². The van der Waals surface area contributed by atoms with E-state index in [-0.39, 0.29) is 11.0 Å². The molecule has 0 spiro atoms. The van der Waals surface area contributed by atoms with E-state index in [0.29, 0.717) is 0 Å². The van der Waals surface area contributed by atoms with Crippen LogP contribution in [0.3, 0.4) is 0 Å². The lowest BCUT2D eigenvalue weighted by molar-refractivity contribution is -0.115. The van der Waals surface area contributed by atoms with E-state index in [1.54, 1.807) is 6.08 Å². The molecule has 0 unspecified atom stereocenters. The Labute approximate surface area is 158 Å². The monoisotopic (exact) mass is 360 g/mol. The van der Waals surface area contributed by atoms with Gasteiger partial charge in [0, 0.05) is 11.8 Å². The third kappa shape index (κ3) is 4.55. The van der Waals surface area contributed by atoms with E-state index in [1.807, 2.05) is 56.3 Å². The van der Waals surface area contributed by atoms with Gasteiger partial charge in [-0.1, -0.05) is 48.5 Å². The predicted octanol–water partition coefficient (Wildman–Crippen LogP) is 4.98. The standard InChI is InChI=1S/C22H20N2OS/c1-15-12-16(2)14-19(13-15)23-22(26)24-21(25)11-10-18-8-5-7-17-6-3-4-9-20(17)18/h3-14H,1-2H3,(H2,23,24,25,26). The summed E-state index contributed by atoms with van der Waals surface area (Å²) in [4.78, 5) is 12.2. The molecule has 3 aromatic rings. The van der Waals surface area contributed by atoms with Gasteiger partial charge in [0.15, 0.2) is 5.11 Å². The first-order valence-electron chi connectivity index (χ1n) is 8.37. The van der Waals surface area contributed by atoms with E-state index < -0.39 is 0 Å². The SMILES string of the molecule is Cc1cc(C)cc(NC(=S)NC(=O)C=Cc2cccc3ccccc23)c1. The third-order valence-electron chi connectivity index (χ3n) is 3.95. The van der Waals surface area contributed by atoms with E-state index in [1.165, 1.54) is 6.08 Å². The van der Waals surface area contributed by atoms with Crippen molar-refractivity contribution >= 4 is 45.8 Å². The molecule has 0 saturated carbocycles. The molecule has 3 aromatic carbocycles. The fourth-order valence-corrected chi connectivity index (χ4v) is 3.14. The zero-order valence-corrected chi connectivity index (χ0v) is 15.6. The number of nitrogens with one attached hydrogen (secondary N) is 2. The lowest BCUT2D eigenvalue weighted by Gasteiger charge is -2.10. The number of anilines is 1. The zero-order valence-electron chi connectivity index (χ0n) is 14.7. The minimum absolute atomic E-state index is 0.264. The van der Waals surface area contributed by atoms with Gasteiger partial charge in [0.25, 0.3) is 0 Å². The molecule has 26 heavy (non-hydrogen) atoms. The molecule has 0 heterocycles. The van der Waals surface area contributed by atoms with Crippen molar-refractivity contribution < 1.29 is 4.79 Å². The first-order valence-corrected chi connectivity index (χ1v) is 8.78. The Morgan fingerprint density at radius 1 is 0.962 bits per heavy atom. The molecule has 3 rings (SSSR count). The summed E-state index contributed by atoms with van der Waals surface area (Å²) in [5.74, 6) is -0.264. The number of fused-ring (bicyclic) bond motifs is 1. The number of carbonyl (C=O) groups is 1. The minimum Gasteiger partial charge on any atom is -0.332 e. The van der Waals surface area contributed by atoms with E-state index in [9.17, 15) is 4.79 Å². The second-order valence-corrected chi connectivity index (χ2v) is 6.63. The fraction of sp³-hybridized carbons (Fsp3) is 0.0909. The van der Waals surface area contributed by atoms with Crippen LogP contribution in [0.2, 0.25) is 0 Å². The second kappa shape index (κ2) is 7.93. The van der Waals surface area contributed by atoms with Crippen LogP contribution >= 0.6 is 12.2 Å². The topological polar surface area (TPSA) is 41.1 Å². The van der Waals surface area contributed by atoms with Crippen molar-refractivity contribution in [1.29, 1.82) is 0 Å². The maximum atomic E-state index is 12.2. The number of thiocarbonyl (C=S) groups is 1. The molecule has 1 amide bonds. The highest BCUT2D eigenvalue weighted by Gasteiger charge is 2.03. The number of carbonyl (C=O) groups excluding carboxylic acids is 1. The average molecular weight is 360 g/mol. The molecule has 0 radical (unpaired) electrons. The van der Waals surface area contributed by atoms with Gasteiger partial charge >= 0.3 is 0 Å². The van der Waals surface area contributed by atoms with Crippen molar-refractivity contribution in [3.63, 3.8) is 0 Å². The molecule has 0 fully saturated rings. The van der Waals surface area contributed by atoms with Crippen LogP contribution in [0.5, 0.6) is 0 Å². The summed E-state index contributed by atoms with van der Waals surface area (Å²) in [7, 11) is 0. The smallest absolute Gasteiger partial charge is 0.250 e. The Kier molecular flexibility index (Phi) is 5.44. The summed E-state index contributed by atoms with van der Waals surface area (Å²) in [6.45, 7) is 4.04. The number of hydrogen-bond donors (Lipinski definition) is 2. The van der Waals surface area contributed by atoms with Crippen LogP contribution in [-0.2, 0) is 4.79 Å². The van der Waals surface area contributed by atoms with Crippen LogP contribution in [0.15, 0.2) is 66.7 Å². The number of amides is 1. The second-order valence-electron chi connectivity index (χ2n) is 6.22. The molecule has 0 bridgehead atoms. The van der Waals surface area contributed by atoms with Gasteiger partial charge in [-0.3, -0.25) is 10.1 Å². The van der Waals surface area contributed by atoms with E-state index in [0.717, 1.165) is 33.2 Å². The van der Waals surface area contributed by atoms with E-state index in [4.69, 9.17) is 12.2 Å². The Balaban J connectivity index is 1.66. The number of rotatable bonds is 3. The van der Waals surface area contributed by atoms with Gasteiger partial charge < -0.3 is 5.32 Å². The van der Waals surface area contributed by atoms with E-state index >= 15 is 0 Å². The van der Waals surface area contributed by atoms with Crippen LogP contribution in [0, 0.1) is 13.8 Å². The molecule has 0 aliphatic rings. The zero-order chi connectivity index (χ0) is 18.5. The molecule has 0 aliphatic heterocycles. The molecular formula is C22H20N2OS. The van der Waals surface area contributed by atoms with Gasteiger partial charge in [-0.2, -0.15) is 0 Å². The first kappa shape index (κ1) is 17.8. The van der Waals surface area contributed by atoms with Crippen molar-refractivity contribution in [3.8, 4) is 0 Å². The molecule has 0 saturated heterocycles. The number of hydrogen-bond acceptors (Lipinski definition) is 2. The van der Waals surface area contributed by atoms with Crippen molar-refractivity contribution in [1.82, 2.24) is 5.32 Å².